The molecule has 0 amide bonds. The third-order valence-corrected chi connectivity index (χ3v) is 6.13. The minimum Gasteiger partial charge on any atom is -0.598 e. The summed E-state index contributed by atoms with van der Waals surface area (Å²) in [7, 11) is 0. The van der Waals surface area contributed by atoms with Crippen LogP contribution in [0.5, 0.6) is 5.75 Å². The Hall–Kier alpha value is -0.750. The van der Waals surface area contributed by atoms with Gasteiger partial charge in [0, 0.05) is 23.3 Å². The average Bonchev–Trinajstić information content (AvgIpc) is 2.47. The van der Waals surface area contributed by atoms with Gasteiger partial charge in [-0.2, -0.15) is 0 Å². The predicted molar refractivity (Wildman–Crippen MR) is 90.3 cm³/mol. The van der Waals surface area contributed by atoms with Crippen LogP contribution in [-0.4, -0.2) is 28.0 Å². The van der Waals surface area contributed by atoms with Gasteiger partial charge in [0.05, 0.1) is 6.04 Å². The van der Waals surface area contributed by atoms with Crippen LogP contribution in [-0.2, 0) is 11.4 Å². The molecule has 0 unspecified atom stereocenters. The monoisotopic (exact) mass is 322 g/mol. The van der Waals surface area contributed by atoms with E-state index in [9.17, 15) is 4.55 Å². The quantitative estimate of drug-likeness (QED) is 0.822. The smallest absolute Gasteiger partial charge is 0.136 e. The molecule has 2 heterocycles. The largest absolute Gasteiger partial charge is 0.598 e. The summed E-state index contributed by atoms with van der Waals surface area (Å²) >= 11 is -1.08. The van der Waals surface area contributed by atoms with Crippen LogP contribution in [0.3, 0.4) is 0 Å². The standard InChI is InChI=1S/C17H26N2O2S/c1-16(2,3)22(20)19-14-12-17(8-10-18-11-9-17)21-15-7-5-4-6-13(14)15/h4-7,14,18-19H,8-12H2,1-3H3/t14-,22-/m0/s1. The highest BCUT2D eigenvalue weighted by Crippen LogP contribution is 2.43. The van der Waals surface area contributed by atoms with Gasteiger partial charge < -0.3 is 14.6 Å². The number of rotatable bonds is 2. The lowest BCUT2D eigenvalue weighted by atomic mass is 9.81. The lowest BCUT2D eigenvalue weighted by molar-refractivity contribution is 0.00592. The van der Waals surface area contributed by atoms with Crippen molar-refractivity contribution in [3.63, 3.8) is 0 Å². The Bertz CT molecular complexity index is 524. The molecule has 22 heavy (non-hydrogen) atoms. The van der Waals surface area contributed by atoms with Gasteiger partial charge in [-0.15, -0.1) is 4.72 Å². The van der Waals surface area contributed by atoms with E-state index in [4.69, 9.17) is 4.74 Å². The van der Waals surface area contributed by atoms with Gasteiger partial charge in [-0.05, 0) is 52.8 Å². The summed E-state index contributed by atoms with van der Waals surface area (Å²) < 4.78 is 22.0. The number of hydrogen-bond acceptors (Lipinski definition) is 4. The molecule has 0 aromatic heterocycles. The summed E-state index contributed by atoms with van der Waals surface area (Å²) in [6.45, 7) is 7.97. The van der Waals surface area contributed by atoms with E-state index < -0.39 is 11.4 Å². The van der Waals surface area contributed by atoms with Gasteiger partial charge in [0.15, 0.2) is 0 Å². The minimum atomic E-state index is -1.08. The zero-order valence-corrected chi connectivity index (χ0v) is 14.5. The Balaban J connectivity index is 1.87. The van der Waals surface area contributed by atoms with E-state index in [0.717, 1.165) is 43.7 Å². The van der Waals surface area contributed by atoms with Crippen LogP contribution in [0.4, 0.5) is 0 Å². The van der Waals surface area contributed by atoms with E-state index in [1.165, 1.54) is 0 Å². The van der Waals surface area contributed by atoms with Crippen molar-refractivity contribution in [2.75, 3.05) is 13.1 Å². The predicted octanol–water partition coefficient (Wildman–Crippen LogP) is 2.68. The third kappa shape index (κ3) is 3.27. The summed E-state index contributed by atoms with van der Waals surface area (Å²) in [5.74, 6) is 0.944. The third-order valence-electron chi connectivity index (χ3n) is 4.52. The van der Waals surface area contributed by atoms with Crippen molar-refractivity contribution in [2.45, 2.75) is 56.4 Å². The molecule has 1 fully saturated rings. The highest BCUT2D eigenvalue weighted by molar-refractivity contribution is 7.90. The first-order valence-electron chi connectivity index (χ1n) is 8.06. The molecular formula is C17H26N2O2S. The summed E-state index contributed by atoms with van der Waals surface area (Å²) in [4.78, 5) is 0. The molecule has 2 N–H and O–H groups in total. The van der Waals surface area contributed by atoms with Gasteiger partial charge in [0.25, 0.3) is 0 Å². The molecule has 0 radical (unpaired) electrons. The molecular weight excluding hydrogens is 296 g/mol. The molecule has 5 heteroatoms. The van der Waals surface area contributed by atoms with Gasteiger partial charge in [-0.25, -0.2) is 0 Å². The maximum absolute atomic E-state index is 12.6. The molecule has 1 spiro atoms. The van der Waals surface area contributed by atoms with Gasteiger partial charge in [-0.3, -0.25) is 0 Å². The van der Waals surface area contributed by atoms with Crippen molar-refractivity contribution in [2.24, 2.45) is 0 Å². The second-order valence-corrected chi connectivity index (χ2v) is 9.33. The maximum Gasteiger partial charge on any atom is 0.136 e. The number of nitrogens with one attached hydrogen (secondary N) is 2. The van der Waals surface area contributed by atoms with Crippen LogP contribution in [0, 0.1) is 0 Å². The SMILES string of the molecule is CC(C)(C)[S@+]([O-])N[C@H]1CC2(CCNCC2)Oc2ccccc21. The number of piperidine rings is 1. The fourth-order valence-corrected chi connectivity index (χ4v) is 4.04. The average molecular weight is 322 g/mol. The first-order valence-corrected chi connectivity index (χ1v) is 9.21. The van der Waals surface area contributed by atoms with E-state index in [1.54, 1.807) is 0 Å². The van der Waals surface area contributed by atoms with E-state index >= 15 is 0 Å². The second kappa shape index (κ2) is 6.04. The van der Waals surface area contributed by atoms with Crippen LogP contribution < -0.4 is 14.8 Å². The Labute approximate surface area is 136 Å². The normalized spacial score (nSPS) is 25.4. The lowest BCUT2D eigenvalue weighted by Gasteiger charge is -2.45. The Morgan fingerprint density at radius 3 is 2.64 bits per heavy atom. The topological polar surface area (TPSA) is 56.3 Å². The Morgan fingerprint density at radius 2 is 1.95 bits per heavy atom. The van der Waals surface area contributed by atoms with E-state index in [1.807, 2.05) is 39.0 Å². The molecule has 0 aliphatic carbocycles. The summed E-state index contributed by atoms with van der Waals surface area (Å²) in [6.07, 6.45) is 2.89. The second-order valence-electron chi connectivity index (χ2n) is 7.33. The van der Waals surface area contributed by atoms with E-state index in [0.29, 0.717) is 0 Å². The van der Waals surface area contributed by atoms with Crippen molar-refractivity contribution in [1.82, 2.24) is 10.0 Å². The molecule has 1 aromatic rings. The number of hydrogen-bond donors (Lipinski definition) is 2. The molecule has 2 aliphatic rings. The van der Waals surface area contributed by atoms with Crippen LogP contribution in [0.2, 0.25) is 0 Å². The number of fused-ring (bicyclic) bond motifs is 1. The first kappa shape index (κ1) is 16.1. The maximum atomic E-state index is 12.6. The van der Waals surface area contributed by atoms with E-state index in [-0.39, 0.29) is 16.4 Å². The van der Waals surface area contributed by atoms with Gasteiger partial charge in [0.1, 0.15) is 16.1 Å². The highest BCUT2D eigenvalue weighted by Gasteiger charge is 2.44. The fourth-order valence-electron chi connectivity index (χ4n) is 3.22. The number of para-hydroxylation sites is 1. The molecule has 2 atom stereocenters. The summed E-state index contributed by atoms with van der Waals surface area (Å²) in [5, 5.41) is 3.40. The first-order chi connectivity index (χ1) is 10.4. The van der Waals surface area contributed by atoms with Crippen molar-refractivity contribution in [1.29, 1.82) is 0 Å². The number of ether oxygens (including phenoxy) is 1. The highest BCUT2D eigenvalue weighted by atomic mass is 32.2. The van der Waals surface area contributed by atoms with Gasteiger partial charge in [0.2, 0.25) is 0 Å². The molecule has 0 bridgehead atoms. The number of benzene rings is 1. The molecule has 1 aromatic carbocycles. The lowest BCUT2D eigenvalue weighted by Crippen LogP contribution is -2.52. The Morgan fingerprint density at radius 1 is 1.27 bits per heavy atom. The zero-order valence-electron chi connectivity index (χ0n) is 13.6. The van der Waals surface area contributed by atoms with Crippen molar-refractivity contribution in [3.8, 4) is 5.75 Å². The molecule has 4 nitrogen and oxygen atoms in total. The molecule has 1 saturated heterocycles. The fraction of sp³-hybridized carbons (Fsp3) is 0.647. The van der Waals surface area contributed by atoms with Crippen LogP contribution in [0.25, 0.3) is 0 Å². The van der Waals surface area contributed by atoms with Gasteiger partial charge >= 0.3 is 0 Å². The Kier molecular flexibility index (Phi) is 4.42. The van der Waals surface area contributed by atoms with Crippen molar-refractivity contribution in [3.05, 3.63) is 29.8 Å². The summed E-state index contributed by atoms with van der Waals surface area (Å²) in [6, 6.07) is 8.24. The molecule has 0 saturated carbocycles. The molecule has 122 valence electrons. The zero-order chi connectivity index (χ0) is 15.8. The molecule has 2 aliphatic heterocycles. The van der Waals surface area contributed by atoms with Crippen LogP contribution in [0.15, 0.2) is 24.3 Å². The van der Waals surface area contributed by atoms with Crippen molar-refractivity contribution >= 4 is 11.4 Å². The van der Waals surface area contributed by atoms with Crippen LogP contribution >= 0.6 is 0 Å². The van der Waals surface area contributed by atoms with Crippen molar-refractivity contribution < 1.29 is 9.29 Å². The molecule has 3 rings (SSSR count). The van der Waals surface area contributed by atoms with Crippen LogP contribution in [0.1, 0.15) is 51.6 Å². The minimum absolute atomic E-state index is 0.0862. The van der Waals surface area contributed by atoms with E-state index in [2.05, 4.69) is 16.1 Å². The summed E-state index contributed by atoms with van der Waals surface area (Å²) in [5.41, 5.74) is 1.00. The van der Waals surface area contributed by atoms with Gasteiger partial charge in [-0.1, -0.05) is 18.2 Å².